The molecule has 3 nitrogen and oxygen atoms in total. The van der Waals surface area contributed by atoms with Crippen molar-refractivity contribution >= 4 is 24.4 Å². The van der Waals surface area contributed by atoms with Gasteiger partial charge in [0.25, 0.3) is 0 Å². The van der Waals surface area contributed by atoms with Crippen molar-refractivity contribution in [2.75, 3.05) is 12.3 Å². The molecule has 0 aromatic carbocycles. The van der Waals surface area contributed by atoms with E-state index in [1.165, 1.54) is 17.7 Å². The van der Waals surface area contributed by atoms with E-state index in [-0.39, 0.29) is 17.2 Å². The van der Waals surface area contributed by atoms with Crippen molar-refractivity contribution < 1.29 is 9.59 Å². The van der Waals surface area contributed by atoms with Gasteiger partial charge in [-0.1, -0.05) is 26.7 Å². The highest BCUT2D eigenvalue weighted by molar-refractivity contribution is 7.80. The van der Waals surface area contributed by atoms with Gasteiger partial charge in [-0.3, -0.25) is 14.5 Å². The molecule has 0 unspecified atom stereocenters. The van der Waals surface area contributed by atoms with Crippen LogP contribution in [-0.2, 0) is 9.59 Å². The third-order valence-corrected chi connectivity index (χ3v) is 4.88. The van der Waals surface area contributed by atoms with E-state index in [2.05, 4.69) is 12.6 Å². The van der Waals surface area contributed by atoms with Crippen LogP contribution < -0.4 is 0 Å². The molecular weight excluding hydrogens is 234 g/mol. The summed E-state index contributed by atoms with van der Waals surface area (Å²) in [6.45, 7) is 4.29. The number of imide groups is 1. The van der Waals surface area contributed by atoms with Gasteiger partial charge in [-0.2, -0.15) is 12.6 Å². The molecule has 1 aliphatic carbocycles. The fourth-order valence-corrected chi connectivity index (χ4v) is 3.43. The van der Waals surface area contributed by atoms with Crippen LogP contribution in [0.25, 0.3) is 0 Å². The SMILES string of the molecule is CC1(C)CC(=O)N(CC2(CS)CCCC2)C1=O. The van der Waals surface area contributed by atoms with Crippen LogP contribution in [0.3, 0.4) is 0 Å². The van der Waals surface area contributed by atoms with Gasteiger partial charge < -0.3 is 0 Å². The van der Waals surface area contributed by atoms with E-state index >= 15 is 0 Å². The van der Waals surface area contributed by atoms with Crippen molar-refractivity contribution in [1.82, 2.24) is 4.90 Å². The monoisotopic (exact) mass is 255 g/mol. The Kier molecular flexibility index (Phi) is 3.27. The van der Waals surface area contributed by atoms with Gasteiger partial charge in [0.2, 0.25) is 11.8 Å². The third kappa shape index (κ3) is 2.24. The molecule has 96 valence electrons. The van der Waals surface area contributed by atoms with Crippen LogP contribution in [0, 0.1) is 10.8 Å². The number of thiol groups is 1. The van der Waals surface area contributed by atoms with Gasteiger partial charge >= 0.3 is 0 Å². The highest BCUT2D eigenvalue weighted by Gasteiger charge is 2.47. The Bertz CT molecular complexity index is 345. The Morgan fingerprint density at radius 3 is 2.24 bits per heavy atom. The summed E-state index contributed by atoms with van der Waals surface area (Å²) in [5, 5.41) is 0. The maximum atomic E-state index is 12.2. The van der Waals surface area contributed by atoms with Crippen LogP contribution in [0.2, 0.25) is 0 Å². The first-order valence-electron chi connectivity index (χ1n) is 6.36. The van der Waals surface area contributed by atoms with Gasteiger partial charge in [-0.15, -0.1) is 0 Å². The summed E-state index contributed by atoms with van der Waals surface area (Å²) in [6.07, 6.45) is 4.93. The van der Waals surface area contributed by atoms with E-state index in [4.69, 9.17) is 0 Å². The molecule has 0 N–H and O–H groups in total. The zero-order chi connectivity index (χ0) is 12.7. The molecule has 1 heterocycles. The summed E-state index contributed by atoms with van der Waals surface area (Å²) >= 11 is 4.43. The van der Waals surface area contributed by atoms with Crippen LogP contribution in [0.4, 0.5) is 0 Å². The Balaban J connectivity index is 2.13. The molecule has 0 bridgehead atoms. The normalized spacial score (nSPS) is 26.9. The first kappa shape index (κ1) is 12.9. The first-order chi connectivity index (χ1) is 7.90. The number of hydrogen-bond acceptors (Lipinski definition) is 3. The largest absolute Gasteiger partial charge is 0.282 e. The van der Waals surface area contributed by atoms with Gasteiger partial charge in [0.15, 0.2) is 0 Å². The number of likely N-dealkylation sites (tertiary alicyclic amines) is 1. The van der Waals surface area contributed by atoms with E-state index in [0.29, 0.717) is 13.0 Å². The van der Waals surface area contributed by atoms with E-state index < -0.39 is 5.41 Å². The quantitative estimate of drug-likeness (QED) is 0.620. The Morgan fingerprint density at radius 1 is 1.24 bits per heavy atom. The van der Waals surface area contributed by atoms with E-state index in [1.54, 1.807) is 0 Å². The van der Waals surface area contributed by atoms with Crippen LogP contribution in [0.1, 0.15) is 46.0 Å². The van der Waals surface area contributed by atoms with Crippen LogP contribution in [0.15, 0.2) is 0 Å². The highest BCUT2D eigenvalue weighted by Crippen LogP contribution is 2.42. The average molecular weight is 255 g/mol. The number of carbonyl (C=O) groups is 2. The van der Waals surface area contributed by atoms with E-state index in [1.807, 2.05) is 13.8 Å². The van der Waals surface area contributed by atoms with Gasteiger partial charge in [-0.25, -0.2) is 0 Å². The lowest BCUT2D eigenvalue weighted by atomic mass is 9.87. The summed E-state index contributed by atoms with van der Waals surface area (Å²) in [6, 6.07) is 0. The predicted octanol–water partition coefficient (Wildman–Crippen LogP) is 2.26. The molecule has 0 spiro atoms. The molecule has 2 fully saturated rings. The van der Waals surface area contributed by atoms with Gasteiger partial charge in [-0.05, 0) is 24.0 Å². The van der Waals surface area contributed by atoms with Crippen molar-refractivity contribution in [3.05, 3.63) is 0 Å². The zero-order valence-electron chi connectivity index (χ0n) is 10.7. The van der Waals surface area contributed by atoms with Crippen molar-refractivity contribution in [3.63, 3.8) is 0 Å². The van der Waals surface area contributed by atoms with Crippen molar-refractivity contribution in [1.29, 1.82) is 0 Å². The van der Waals surface area contributed by atoms with Crippen LogP contribution >= 0.6 is 12.6 Å². The standard InChI is InChI=1S/C13H21NO2S/c1-12(2)7-10(15)14(11(12)16)8-13(9-17)5-3-4-6-13/h17H,3-9H2,1-2H3. The molecule has 2 aliphatic rings. The van der Waals surface area contributed by atoms with Crippen molar-refractivity contribution in [2.45, 2.75) is 46.0 Å². The van der Waals surface area contributed by atoms with E-state index in [0.717, 1.165) is 18.6 Å². The number of amides is 2. The maximum absolute atomic E-state index is 12.2. The fourth-order valence-electron chi connectivity index (χ4n) is 3.01. The number of hydrogen-bond donors (Lipinski definition) is 1. The predicted molar refractivity (Wildman–Crippen MR) is 69.9 cm³/mol. The summed E-state index contributed by atoms with van der Waals surface area (Å²) in [5.74, 6) is 0.758. The molecule has 2 amide bonds. The summed E-state index contributed by atoms with van der Waals surface area (Å²) in [7, 11) is 0. The molecule has 2 rings (SSSR count). The Hall–Kier alpha value is -0.510. The number of carbonyl (C=O) groups excluding carboxylic acids is 2. The Labute approximate surface area is 108 Å². The summed E-state index contributed by atoms with van der Waals surface area (Å²) in [4.78, 5) is 25.6. The van der Waals surface area contributed by atoms with Crippen molar-refractivity contribution in [3.8, 4) is 0 Å². The number of nitrogens with zero attached hydrogens (tertiary/aromatic N) is 1. The van der Waals surface area contributed by atoms with Gasteiger partial charge in [0, 0.05) is 13.0 Å². The first-order valence-corrected chi connectivity index (χ1v) is 6.99. The molecule has 0 aromatic rings. The maximum Gasteiger partial charge on any atom is 0.235 e. The lowest BCUT2D eigenvalue weighted by Crippen LogP contribution is -2.42. The topological polar surface area (TPSA) is 37.4 Å². The zero-order valence-corrected chi connectivity index (χ0v) is 11.6. The van der Waals surface area contributed by atoms with Gasteiger partial charge in [0.1, 0.15) is 0 Å². The molecular formula is C13H21NO2S. The third-order valence-electron chi connectivity index (χ3n) is 4.21. The molecule has 1 aliphatic heterocycles. The lowest BCUT2D eigenvalue weighted by molar-refractivity contribution is -0.142. The number of rotatable bonds is 3. The second kappa shape index (κ2) is 4.30. The van der Waals surface area contributed by atoms with E-state index in [9.17, 15) is 9.59 Å². The minimum atomic E-state index is -0.506. The molecule has 0 radical (unpaired) electrons. The second-order valence-electron chi connectivity index (χ2n) is 6.21. The van der Waals surface area contributed by atoms with Crippen molar-refractivity contribution in [2.24, 2.45) is 10.8 Å². The lowest BCUT2D eigenvalue weighted by Gasteiger charge is -2.31. The second-order valence-corrected chi connectivity index (χ2v) is 6.53. The van der Waals surface area contributed by atoms with Gasteiger partial charge in [0.05, 0.1) is 5.41 Å². The Morgan fingerprint density at radius 2 is 1.82 bits per heavy atom. The minimum absolute atomic E-state index is 0.00411. The summed E-state index contributed by atoms with van der Waals surface area (Å²) < 4.78 is 0. The molecule has 0 atom stereocenters. The highest BCUT2D eigenvalue weighted by atomic mass is 32.1. The summed E-state index contributed by atoms with van der Waals surface area (Å²) in [5.41, 5.74) is -0.428. The molecule has 0 aromatic heterocycles. The molecule has 1 saturated carbocycles. The molecule has 17 heavy (non-hydrogen) atoms. The van der Waals surface area contributed by atoms with Crippen LogP contribution in [0.5, 0.6) is 0 Å². The minimum Gasteiger partial charge on any atom is -0.282 e. The molecule has 1 saturated heterocycles. The fraction of sp³-hybridized carbons (Fsp3) is 0.846. The smallest absolute Gasteiger partial charge is 0.235 e. The average Bonchev–Trinajstić information content (AvgIpc) is 2.79. The molecule has 4 heteroatoms. The van der Waals surface area contributed by atoms with Crippen LogP contribution in [-0.4, -0.2) is 29.0 Å².